The molecule has 266 valence electrons. The van der Waals surface area contributed by atoms with Gasteiger partial charge in [-0.2, -0.15) is 0 Å². The number of nitrogens with zero attached hydrogens (tertiary/aromatic N) is 1. The zero-order valence-electron chi connectivity index (χ0n) is 30.0. The van der Waals surface area contributed by atoms with E-state index in [1.807, 2.05) is 78.9 Å². The van der Waals surface area contributed by atoms with Crippen molar-refractivity contribution in [3.8, 4) is 39.8 Å². The number of rotatable bonds is 10. The number of aromatic amines is 2. The van der Waals surface area contributed by atoms with Crippen molar-refractivity contribution >= 4 is 33.6 Å². The number of benzene rings is 5. The smallest absolute Gasteiger partial charge is 0.230 e. The number of piperidine rings is 1. The van der Waals surface area contributed by atoms with Gasteiger partial charge in [0.25, 0.3) is 0 Å². The lowest BCUT2D eigenvalue weighted by molar-refractivity contribution is -0.147. The van der Waals surface area contributed by atoms with Gasteiger partial charge in [-0.3, -0.25) is 14.5 Å². The minimum Gasteiger partial charge on any atom is -0.493 e. The summed E-state index contributed by atoms with van der Waals surface area (Å²) in [5, 5.41) is 2.11. The van der Waals surface area contributed by atoms with Crippen LogP contribution in [-0.2, 0) is 9.59 Å². The lowest BCUT2D eigenvalue weighted by Crippen LogP contribution is -2.43. The van der Waals surface area contributed by atoms with Crippen molar-refractivity contribution < 1.29 is 23.8 Å². The molecule has 0 aliphatic carbocycles. The first-order valence-electron chi connectivity index (χ1n) is 17.9. The maximum Gasteiger partial charge on any atom is 0.230 e. The third-order valence-corrected chi connectivity index (χ3v) is 10.6. The van der Waals surface area contributed by atoms with Gasteiger partial charge in [0.1, 0.15) is 0 Å². The predicted molar refractivity (Wildman–Crippen MR) is 209 cm³/mol. The molecule has 5 aromatic carbocycles. The summed E-state index contributed by atoms with van der Waals surface area (Å²) in [6.07, 6.45) is 0.958. The standard InChI is InChI=1S/C45H41N3O5/c1-51-37-24-31(25-38(52-2)45(37)53-3)34(42-33-19-11-13-21-36(33)47-44(42)29-16-8-5-9-17-29)27-40(50)48-23-22-30(26-39(48)49)41-32-18-10-12-20-35(32)46-43(41)28-14-6-4-7-15-28/h4-21,24-25,30,34,46-47H,22-23,26-27H2,1-3H3. The number of H-pyrrole nitrogens is 2. The Balaban J connectivity index is 1.18. The number of hydrogen-bond donors (Lipinski definition) is 2. The van der Waals surface area contributed by atoms with Crippen molar-refractivity contribution in [2.24, 2.45) is 0 Å². The van der Waals surface area contributed by atoms with Gasteiger partial charge in [-0.15, -0.1) is 0 Å². The summed E-state index contributed by atoms with van der Waals surface area (Å²) >= 11 is 0. The van der Waals surface area contributed by atoms with Gasteiger partial charge in [0.2, 0.25) is 17.6 Å². The molecular formula is C45H41N3O5. The van der Waals surface area contributed by atoms with E-state index in [2.05, 4.69) is 52.4 Å². The second-order valence-electron chi connectivity index (χ2n) is 13.5. The fraction of sp³-hybridized carbons (Fsp3) is 0.200. The van der Waals surface area contributed by atoms with Crippen molar-refractivity contribution in [1.29, 1.82) is 0 Å². The van der Waals surface area contributed by atoms with E-state index in [9.17, 15) is 9.59 Å². The maximum absolute atomic E-state index is 14.6. The van der Waals surface area contributed by atoms with Crippen molar-refractivity contribution in [3.63, 3.8) is 0 Å². The molecule has 0 saturated carbocycles. The number of para-hydroxylation sites is 2. The molecule has 2 amide bonds. The Morgan fingerprint density at radius 3 is 1.87 bits per heavy atom. The number of hydrogen-bond acceptors (Lipinski definition) is 5. The lowest BCUT2D eigenvalue weighted by Gasteiger charge is -2.32. The highest BCUT2D eigenvalue weighted by molar-refractivity contribution is 5.99. The van der Waals surface area contributed by atoms with Crippen LogP contribution in [0.1, 0.15) is 47.8 Å². The summed E-state index contributed by atoms with van der Waals surface area (Å²) in [5.74, 6) is 0.555. The molecular weight excluding hydrogens is 663 g/mol. The number of carbonyl (C=O) groups is 2. The minimum atomic E-state index is -0.466. The highest BCUT2D eigenvalue weighted by Crippen LogP contribution is 2.47. The number of ether oxygens (including phenoxy) is 3. The third kappa shape index (κ3) is 6.20. The van der Waals surface area contributed by atoms with Crippen LogP contribution in [0.25, 0.3) is 44.3 Å². The van der Waals surface area contributed by atoms with E-state index >= 15 is 0 Å². The molecule has 0 radical (unpaired) electrons. The Bertz CT molecular complexity index is 2410. The van der Waals surface area contributed by atoms with Crippen LogP contribution < -0.4 is 14.2 Å². The van der Waals surface area contributed by atoms with Crippen LogP contribution in [0.4, 0.5) is 0 Å². The van der Waals surface area contributed by atoms with Crippen LogP contribution in [-0.4, -0.2) is 54.6 Å². The Morgan fingerprint density at radius 1 is 0.717 bits per heavy atom. The molecule has 8 nitrogen and oxygen atoms in total. The summed E-state index contributed by atoms with van der Waals surface area (Å²) < 4.78 is 17.2. The number of amides is 2. The summed E-state index contributed by atoms with van der Waals surface area (Å²) in [5.41, 5.74) is 8.90. The summed E-state index contributed by atoms with van der Waals surface area (Å²) in [6.45, 7) is 0.331. The van der Waals surface area contributed by atoms with Gasteiger partial charge in [-0.05, 0) is 64.4 Å². The van der Waals surface area contributed by atoms with E-state index in [4.69, 9.17) is 14.2 Å². The summed E-state index contributed by atoms with van der Waals surface area (Å²) in [4.78, 5) is 37.5. The number of imide groups is 1. The zero-order chi connectivity index (χ0) is 36.5. The molecule has 2 atom stereocenters. The molecule has 2 N–H and O–H groups in total. The molecule has 0 spiro atoms. The monoisotopic (exact) mass is 703 g/mol. The second kappa shape index (κ2) is 14.4. The number of likely N-dealkylation sites (tertiary alicyclic amines) is 1. The molecule has 2 aromatic heterocycles. The maximum atomic E-state index is 14.6. The van der Waals surface area contributed by atoms with Crippen molar-refractivity contribution in [2.75, 3.05) is 27.9 Å². The Labute approximate surface area is 308 Å². The SMILES string of the molecule is COc1cc(C(CC(=O)N2CCC(c3c(-c4ccccc4)[nH]c4ccccc34)CC2=O)c2c(-c3ccccc3)[nH]c3ccccc23)cc(OC)c1OC. The quantitative estimate of drug-likeness (QED) is 0.148. The Kier molecular flexibility index (Phi) is 9.19. The van der Waals surface area contributed by atoms with Crippen LogP contribution in [0, 0.1) is 0 Å². The first-order chi connectivity index (χ1) is 26.0. The van der Waals surface area contributed by atoms with Crippen LogP contribution >= 0.6 is 0 Å². The van der Waals surface area contributed by atoms with Gasteiger partial charge >= 0.3 is 0 Å². The number of nitrogens with one attached hydrogen (secondary N) is 2. The molecule has 1 aliphatic rings. The molecule has 8 heteroatoms. The number of fused-ring (bicyclic) bond motifs is 2. The summed E-state index contributed by atoms with van der Waals surface area (Å²) in [6, 6.07) is 40.5. The van der Waals surface area contributed by atoms with Crippen LogP contribution in [0.3, 0.4) is 0 Å². The number of aromatic nitrogens is 2. The van der Waals surface area contributed by atoms with Crippen molar-refractivity contribution in [1.82, 2.24) is 14.9 Å². The second-order valence-corrected chi connectivity index (χ2v) is 13.5. The average molecular weight is 704 g/mol. The Hall–Kier alpha value is -6.28. The number of methoxy groups -OCH3 is 3. The van der Waals surface area contributed by atoms with Crippen LogP contribution in [0.2, 0.25) is 0 Å². The fourth-order valence-electron chi connectivity index (χ4n) is 8.10. The van der Waals surface area contributed by atoms with E-state index in [-0.39, 0.29) is 30.6 Å². The predicted octanol–water partition coefficient (Wildman–Crippen LogP) is 9.46. The highest BCUT2D eigenvalue weighted by Gasteiger charge is 2.36. The fourth-order valence-corrected chi connectivity index (χ4v) is 8.10. The molecule has 53 heavy (non-hydrogen) atoms. The molecule has 7 aromatic rings. The van der Waals surface area contributed by atoms with E-state index in [0.29, 0.717) is 30.2 Å². The van der Waals surface area contributed by atoms with Crippen LogP contribution in [0.15, 0.2) is 121 Å². The molecule has 1 aliphatic heterocycles. The number of carbonyl (C=O) groups excluding carboxylic acids is 2. The van der Waals surface area contributed by atoms with E-state index in [1.54, 1.807) is 21.3 Å². The normalized spacial score (nSPS) is 15.1. The highest BCUT2D eigenvalue weighted by atomic mass is 16.5. The van der Waals surface area contributed by atoms with Crippen molar-refractivity contribution in [2.45, 2.75) is 31.1 Å². The molecule has 0 bridgehead atoms. The summed E-state index contributed by atoms with van der Waals surface area (Å²) in [7, 11) is 4.74. The Morgan fingerprint density at radius 2 is 1.26 bits per heavy atom. The van der Waals surface area contributed by atoms with Gasteiger partial charge in [0.15, 0.2) is 11.5 Å². The minimum absolute atomic E-state index is 0.0397. The van der Waals surface area contributed by atoms with E-state index < -0.39 is 5.92 Å². The zero-order valence-corrected chi connectivity index (χ0v) is 30.0. The van der Waals surface area contributed by atoms with Gasteiger partial charge in [-0.25, -0.2) is 0 Å². The molecule has 2 unspecified atom stereocenters. The molecule has 8 rings (SSSR count). The van der Waals surface area contributed by atoms with Crippen LogP contribution in [0.5, 0.6) is 17.2 Å². The average Bonchev–Trinajstić information content (AvgIpc) is 3.79. The van der Waals surface area contributed by atoms with Crippen molar-refractivity contribution in [3.05, 3.63) is 138 Å². The topological polar surface area (TPSA) is 96.7 Å². The van der Waals surface area contributed by atoms with E-state index in [1.165, 1.54) is 4.90 Å². The largest absolute Gasteiger partial charge is 0.493 e. The van der Waals surface area contributed by atoms with Gasteiger partial charge in [0.05, 0.1) is 27.0 Å². The molecule has 3 heterocycles. The lowest BCUT2D eigenvalue weighted by atomic mass is 9.83. The molecule has 1 fully saturated rings. The third-order valence-electron chi connectivity index (χ3n) is 10.6. The first-order valence-corrected chi connectivity index (χ1v) is 17.9. The van der Waals surface area contributed by atoms with Gasteiger partial charge < -0.3 is 24.2 Å². The molecule has 1 saturated heterocycles. The van der Waals surface area contributed by atoms with Gasteiger partial charge in [0, 0.05) is 52.8 Å². The van der Waals surface area contributed by atoms with E-state index in [0.717, 1.165) is 61.0 Å². The van der Waals surface area contributed by atoms with Gasteiger partial charge in [-0.1, -0.05) is 97.1 Å². The first kappa shape index (κ1) is 33.8.